The van der Waals surface area contributed by atoms with Crippen LogP contribution in [-0.2, 0) is 9.53 Å². The number of aliphatic imine (C=N–C) groups is 1. The van der Waals surface area contributed by atoms with Crippen LogP contribution in [-0.4, -0.2) is 49.6 Å². The molecule has 0 spiro atoms. The Morgan fingerprint density at radius 3 is 2.54 bits per heavy atom. The average Bonchev–Trinajstić information content (AvgIpc) is 2.72. The van der Waals surface area contributed by atoms with Crippen molar-refractivity contribution in [2.24, 2.45) is 10.7 Å². The predicted octanol–water partition coefficient (Wildman–Crippen LogP) is 2.67. The van der Waals surface area contributed by atoms with Gasteiger partial charge in [-0.25, -0.2) is 0 Å². The molecule has 2 aromatic carbocycles. The number of carbonyl (C=O) groups is 1. The Morgan fingerprint density at radius 1 is 1.14 bits per heavy atom. The molecule has 3 rings (SSSR count). The van der Waals surface area contributed by atoms with E-state index in [1.54, 1.807) is 0 Å². The van der Waals surface area contributed by atoms with Gasteiger partial charge in [0.2, 0.25) is 5.91 Å². The van der Waals surface area contributed by atoms with Crippen molar-refractivity contribution in [1.82, 2.24) is 4.90 Å². The Hall–Kier alpha value is -2.86. The third kappa shape index (κ3) is 5.10. The van der Waals surface area contributed by atoms with E-state index in [0.29, 0.717) is 38.8 Å². The number of ether oxygens (including phenoxy) is 1. The normalized spacial score (nSPS) is 15.9. The number of carbonyl (C=O) groups excluding carboxylic acids is 1. The van der Waals surface area contributed by atoms with Crippen molar-refractivity contribution in [2.45, 2.75) is 19.8 Å². The first-order valence-electron chi connectivity index (χ1n) is 9.60. The summed E-state index contributed by atoms with van der Waals surface area (Å²) in [7, 11) is 0. The van der Waals surface area contributed by atoms with Crippen LogP contribution in [0.5, 0.6) is 0 Å². The molecule has 1 aliphatic heterocycles. The fourth-order valence-electron chi connectivity index (χ4n) is 3.21. The maximum absolute atomic E-state index is 13.1. The zero-order chi connectivity index (χ0) is 19.9. The minimum atomic E-state index is -0.362. The highest BCUT2D eigenvalue weighted by molar-refractivity contribution is 5.93. The molecule has 0 aliphatic carbocycles. The van der Waals surface area contributed by atoms with Crippen molar-refractivity contribution < 1.29 is 9.53 Å². The Bertz CT molecular complexity index is 830. The van der Waals surface area contributed by atoms with Gasteiger partial charge in [0.25, 0.3) is 0 Å². The van der Waals surface area contributed by atoms with Crippen molar-refractivity contribution in [2.75, 3.05) is 38.2 Å². The molecular formula is C22H28N4O2. The second-order valence-electron chi connectivity index (χ2n) is 7.05. The molecule has 1 saturated heterocycles. The number of morpholine rings is 1. The Kier molecular flexibility index (Phi) is 6.66. The van der Waals surface area contributed by atoms with Gasteiger partial charge in [0.05, 0.1) is 25.7 Å². The molecule has 0 saturated carbocycles. The summed E-state index contributed by atoms with van der Waals surface area (Å²) in [6, 6.07) is 15.8. The number of nitrogens with two attached hydrogens (primary N) is 1. The molecule has 6 nitrogen and oxygen atoms in total. The molecule has 1 heterocycles. The highest BCUT2D eigenvalue weighted by Gasteiger charge is 2.27. The summed E-state index contributed by atoms with van der Waals surface area (Å²) in [4.78, 5) is 19.4. The van der Waals surface area contributed by atoms with Gasteiger partial charge in [-0.05, 0) is 42.7 Å². The number of amides is 1. The Labute approximate surface area is 166 Å². The second-order valence-corrected chi connectivity index (χ2v) is 7.05. The van der Waals surface area contributed by atoms with Gasteiger partial charge >= 0.3 is 0 Å². The molecule has 1 amide bonds. The van der Waals surface area contributed by atoms with Gasteiger partial charge < -0.3 is 20.7 Å². The first-order valence-corrected chi connectivity index (χ1v) is 9.60. The SMILES string of the molecule is Cc1ccc(NC(N)=NCC(C(=O)N2CCOCC2)c2ccccc2)cc1C. The number of benzene rings is 2. The molecule has 1 unspecified atom stereocenters. The summed E-state index contributed by atoms with van der Waals surface area (Å²) < 4.78 is 5.37. The molecule has 0 radical (unpaired) electrons. The summed E-state index contributed by atoms with van der Waals surface area (Å²) in [6.45, 7) is 6.80. The molecule has 1 fully saturated rings. The van der Waals surface area contributed by atoms with Crippen LogP contribution in [0.25, 0.3) is 0 Å². The second kappa shape index (κ2) is 9.37. The van der Waals surface area contributed by atoms with E-state index in [9.17, 15) is 4.79 Å². The van der Waals surface area contributed by atoms with Crippen LogP contribution >= 0.6 is 0 Å². The molecule has 1 aliphatic rings. The van der Waals surface area contributed by atoms with Crippen molar-refractivity contribution in [3.63, 3.8) is 0 Å². The molecule has 3 N–H and O–H groups in total. The van der Waals surface area contributed by atoms with Crippen molar-refractivity contribution >= 4 is 17.6 Å². The zero-order valence-corrected chi connectivity index (χ0v) is 16.5. The molecule has 2 aromatic rings. The number of rotatable bonds is 5. The van der Waals surface area contributed by atoms with Gasteiger partial charge in [0.15, 0.2) is 5.96 Å². The molecule has 0 bridgehead atoms. The minimum Gasteiger partial charge on any atom is -0.378 e. The number of anilines is 1. The predicted molar refractivity (Wildman–Crippen MR) is 113 cm³/mol. The summed E-state index contributed by atoms with van der Waals surface area (Å²) in [5.41, 5.74) is 10.3. The van der Waals surface area contributed by atoms with Gasteiger partial charge in [-0.15, -0.1) is 0 Å². The maximum atomic E-state index is 13.1. The van der Waals surface area contributed by atoms with E-state index in [2.05, 4.69) is 24.2 Å². The van der Waals surface area contributed by atoms with Crippen molar-refractivity contribution in [1.29, 1.82) is 0 Å². The van der Waals surface area contributed by atoms with Crippen molar-refractivity contribution in [3.05, 3.63) is 65.2 Å². The first kappa shape index (κ1) is 19.9. The molecule has 148 valence electrons. The smallest absolute Gasteiger partial charge is 0.232 e. The summed E-state index contributed by atoms with van der Waals surface area (Å²) in [5, 5.41) is 3.12. The molecular weight excluding hydrogens is 352 g/mol. The largest absolute Gasteiger partial charge is 0.378 e. The van der Waals surface area contributed by atoms with Gasteiger partial charge in [-0.3, -0.25) is 9.79 Å². The summed E-state index contributed by atoms with van der Waals surface area (Å²) >= 11 is 0. The lowest BCUT2D eigenvalue weighted by Crippen LogP contribution is -2.43. The Balaban J connectivity index is 1.73. The molecule has 1 atom stereocenters. The lowest BCUT2D eigenvalue weighted by molar-refractivity contribution is -0.136. The fraction of sp³-hybridized carbons (Fsp3) is 0.364. The van der Waals surface area contributed by atoms with Crippen LogP contribution in [0.1, 0.15) is 22.6 Å². The summed E-state index contributed by atoms with van der Waals surface area (Å²) in [6.07, 6.45) is 0. The highest BCUT2D eigenvalue weighted by Crippen LogP contribution is 2.20. The summed E-state index contributed by atoms with van der Waals surface area (Å²) in [5.74, 6) is 0.00981. The van der Waals surface area contributed by atoms with Gasteiger partial charge in [-0.2, -0.15) is 0 Å². The number of guanidine groups is 1. The minimum absolute atomic E-state index is 0.0669. The van der Waals surface area contributed by atoms with Crippen LogP contribution in [0, 0.1) is 13.8 Å². The van der Waals surface area contributed by atoms with Crippen LogP contribution < -0.4 is 11.1 Å². The van der Waals surface area contributed by atoms with Gasteiger partial charge in [-0.1, -0.05) is 36.4 Å². The zero-order valence-electron chi connectivity index (χ0n) is 16.5. The average molecular weight is 380 g/mol. The molecule has 6 heteroatoms. The van der Waals surface area contributed by atoms with E-state index < -0.39 is 0 Å². The van der Waals surface area contributed by atoms with E-state index in [4.69, 9.17) is 10.5 Å². The standard InChI is InChI=1S/C22H28N4O2/c1-16-8-9-19(14-17(16)2)25-22(23)24-15-20(18-6-4-3-5-7-18)21(27)26-10-12-28-13-11-26/h3-9,14,20H,10-13,15H2,1-2H3,(H3,23,24,25). The van der Waals surface area contributed by atoms with Crippen LogP contribution in [0.2, 0.25) is 0 Å². The number of hydrogen-bond acceptors (Lipinski definition) is 3. The monoisotopic (exact) mass is 380 g/mol. The van der Waals surface area contributed by atoms with E-state index in [1.165, 1.54) is 11.1 Å². The molecule has 0 aromatic heterocycles. The van der Waals surface area contributed by atoms with E-state index in [0.717, 1.165) is 11.3 Å². The fourth-order valence-corrected chi connectivity index (χ4v) is 3.21. The Morgan fingerprint density at radius 2 is 1.86 bits per heavy atom. The van der Waals surface area contributed by atoms with E-state index in [-0.39, 0.29) is 11.8 Å². The molecule has 28 heavy (non-hydrogen) atoms. The number of nitrogens with zero attached hydrogens (tertiary/aromatic N) is 2. The van der Waals surface area contributed by atoms with Gasteiger partial charge in [0.1, 0.15) is 0 Å². The van der Waals surface area contributed by atoms with Crippen LogP contribution in [0.3, 0.4) is 0 Å². The van der Waals surface area contributed by atoms with Crippen molar-refractivity contribution in [3.8, 4) is 0 Å². The van der Waals surface area contributed by atoms with Crippen LogP contribution in [0.15, 0.2) is 53.5 Å². The van der Waals surface area contributed by atoms with Gasteiger partial charge in [0, 0.05) is 18.8 Å². The lowest BCUT2D eigenvalue weighted by atomic mass is 9.97. The quantitative estimate of drug-likeness (QED) is 0.617. The maximum Gasteiger partial charge on any atom is 0.232 e. The third-order valence-corrected chi connectivity index (χ3v) is 5.05. The number of hydrogen-bond donors (Lipinski definition) is 2. The lowest BCUT2D eigenvalue weighted by Gasteiger charge is -2.30. The number of aryl methyl sites for hydroxylation is 2. The first-order chi connectivity index (χ1) is 13.5. The highest BCUT2D eigenvalue weighted by atomic mass is 16.5. The number of nitrogens with one attached hydrogen (secondary N) is 1. The third-order valence-electron chi connectivity index (χ3n) is 5.05. The van der Waals surface area contributed by atoms with Crippen LogP contribution in [0.4, 0.5) is 5.69 Å². The van der Waals surface area contributed by atoms with E-state index >= 15 is 0 Å². The topological polar surface area (TPSA) is 79.9 Å². The van der Waals surface area contributed by atoms with E-state index in [1.807, 2.05) is 53.4 Å².